The molecule has 6 nitrogen and oxygen atoms in total. The van der Waals surface area contributed by atoms with Crippen molar-refractivity contribution in [1.29, 1.82) is 0 Å². The van der Waals surface area contributed by atoms with Crippen LogP contribution in [0.2, 0.25) is 0 Å². The number of amides is 2. The van der Waals surface area contributed by atoms with E-state index in [2.05, 4.69) is 24.1 Å². The largest absolute Gasteiger partial charge is 0.480 e. The molecule has 0 aromatic rings. The molecule has 1 heterocycles. The second-order valence-corrected chi connectivity index (χ2v) is 4.87. The predicted molar refractivity (Wildman–Crippen MR) is 68.5 cm³/mol. The Morgan fingerprint density at radius 1 is 1.22 bits per heavy atom. The van der Waals surface area contributed by atoms with E-state index in [4.69, 9.17) is 5.11 Å². The van der Waals surface area contributed by atoms with Crippen molar-refractivity contribution in [1.82, 2.24) is 15.1 Å². The van der Waals surface area contributed by atoms with Crippen LogP contribution in [0, 0.1) is 0 Å². The highest BCUT2D eigenvalue weighted by atomic mass is 16.4. The van der Waals surface area contributed by atoms with Crippen molar-refractivity contribution in [2.24, 2.45) is 0 Å². The zero-order valence-electron chi connectivity index (χ0n) is 11.3. The highest BCUT2D eigenvalue weighted by Crippen LogP contribution is 2.06. The first-order valence-corrected chi connectivity index (χ1v) is 6.48. The van der Waals surface area contributed by atoms with E-state index in [0.29, 0.717) is 25.6 Å². The molecule has 1 atom stereocenters. The molecule has 0 aliphatic carbocycles. The van der Waals surface area contributed by atoms with Crippen molar-refractivity contribution in [2.45, 2.75) is 39.3 Å². The molecule has 1 rings (SSSR count). The summed E-state index contributed by atoms with van der Waals surface area (Å²) in [5.74, 6) is -0.980. The van der Waals surface area contributed by atoms with Crippen molar-refractivity contribution in [3.8, 4) is 0 Å². The van der Waals surface area contributed by atoms with Gasteiger partial charge in [-0.2, -0.15) is 0 Å². The van der Waals surface area contributed by atoms with E-state index in [0.717, 1.165) is 13.1 Å². The molecule has 1 saturated heterocycles. The van der Waals surface area contributed by atoms with Crippen LogP contribution in [0.15, 0.2) is 0 Å². The van der Waals surface area contributed by atoms with E-state index in [9.17, 15) is 9.59 Å². The summed E-state index contributed by atoms with van der Waals surface area (Å²) < 4.78 is 0. The van der Waals surface area contributed by atoms with Crippen molar-refractivity contribution in [2.75, 3.05) is 26.2 Å². The summed E-state index contributed by atoms with van der Waals surface area (Å²) in [5, 5.41) is 11.4. The number of hydrogen-bond donors (Lipinski definition) is 2. The summed E-state index contributed by atoms with van der Waals surface area (Å²) in [6.07, 6.45) is 0.396. The zero-order chi connectivity index (χ0) is 13.7. The lowest BCUT2D eigenvalue weighted by atomic mass is 10.2. The Morgan fingerprint density at radius 3 is 2.17 bits per heavy atom. The van der Waals surface area contributed by atoms with Gasteiger partial charge in [-0.25, -0.2) is 9.59 Å². The Bertz CT molecular complexity index is 299. The molecular weight excluding hydrogens is 234 g/mol. The number of carboxylic acid groups (broad SMARTS) is 1. The predicted octanol–water partition coefficient (Wildman–Crippen LogP) is 0.585. The maximum Gasteiger partial charge on any atom is 0.326 e. The number of rotatable bonds is 4. The Morgan fingerprint density at radius 2 is 1.78 bits per heavy atom. The van der Waals surface area contributed by atoms with Gasteiger partial charge >= 0.3 is 12.0 Å². The lowest BCUT2D eigenvalue weighted by molar-refractivity contribution is -0.139. The van der Waals surface area contributed by atoms with Gasteiger partial charge in [0.2, 0.25) is 0 Å². The molecule has 0 radical (unpaired) electrons. The van der Waals surface area contributed by atoms with Crippen LogP contribution in [-0.2, 0) is 4.79 Å². The average molecular weight is 257 g/mol. The molecule has 1 aliphatic rings. The second kappa shape index (κ2) is 6.58. The van der Waals surface area contributed by atoms with Gasteiger partial charge in [-0.05, 0) is 20.3 Å². The van der Waals surface area contributed by atoms with Crippen LogP contribution < -0.4 is 5.32 Å². The van der Waals surface area contributed by atoms with Crippen LogP contribution in [0.4, 0.5) is 4.79 Å². The Hall–Kier alpha value is -1.30. The van der Waals surface area contributed by atoms with Gasteiger partial charge in [-0.15, -0.1) is 0 Å². The number of carbonyl (C=O) groups excluding carboxylic acids is 1. The van der Waals surface area contributed by atoms with Gasteiger partial charge in [0.25, 0.3) is 0 Å². The molecule has 104 valence electrons. The van der Waals surface area contributed by atoms with Gasteiger partial charge in [0.15, 0.2) is 0 Å². The molecule has 0 bridgehead atoms. The third-order valence-electron chi connectivity index (χ3n) is 3.34. The lowest BCUT2D eigenvalue weighted by Gasteiger charge is -2.37. The molecule has 2 amide bonds. The lowest BCUT2D eigenvalue weighted by Crippen LogP contribution is -2.55. The number of aliphatic carboxylic acids is 1. The van der Waals surface area contributed by atoms with Crippen molar-refractivity contribution < 1.29 is 14.7 Å². The first-order chi connectivity index (χ1) is 8.45. The smallest absolute Gasteiger partial charge is 0.326 e. The quantitative estimate of drug-likeness (QED) is 0.773. The summed E-state index contributed by atoms with van der Waals surface area (Å²) in [5.41, 5.74) is 0. The summed E-state index contributed by atoms with van der Waals surface area (Å²) in [6, 6.07) is -0.578. The molecule has 6 heteroatoms. The fourth-order valence-electron chi connectivity index (χ4n) is 2.02. The number of urea groups is 1. The molecule has 0 saturated carbocycles. The molecule has 1 aliphatic heterocycles. The van der Waals surface area contributed by atoms with Crippen LogP contribution in [-0.4, -0.2) is 65.2 Å². The van der Waals surface area contributed by atoms with E-state index >= 15 is 0 Å². The number of nitrogens with zero attached hydrogens (tertiary/aromatic N) is 2. The minimum atomic E-state index is -0.980. The Labute approximate surface area is 108 Å². The van der Waals surface area contributed by atoms with Crippen LogP contribution in [0.1, 0.15) is 27.2 Å². The van der Waals surface area contributed by atoms with Crippen LogP contribution >= 0.6 is 0 Å². The van der Waals surface area contributed by atoms with E-state index < -0.39 is 12.0 Å². The Balaban J connectivity index is 2.42. The summed E-state index contributed by atoms with van der Waals surface area (Å²) in [4.78, 5) is 26.7. The average Bonchev–Trinajstić information content (AvgIpc) is 2.35. The second-order valence-electron chi connectivity index (χ2n) is 4.87. The molecule has 0 unspecified atom stereocenters. The highest BCUT2D eigenvalue weighted by molar-refractivity contribution is 5.82. The third kappa shape index (κ3) is 3.87. The summed E-state index contributed by atoms with van der Waals surface area (Å²) in [7, 11) is 0. The fourth-order valence-corrected chi connectivity index (χ4v) is 2.02. The summed E-state index contributed by atoms with van der Waals surface area (Å²) in [6.45, 7) is 9.00. The topological polar surface area (TPSA) is 72.9 Å². The monoisotopic (exact) mass is 257 g/mol. The van der Waals surface area contributed by atoms with Crippen LogP contribution in [0.5, 0.6) is 0 Å². The number of carboxylic acids is 1. The maximum absolute atomic E-state index is 11.9. The zero-order valence-corrected chi connectivity index (χ0v) is 11.3. The van der Waals surface area contributed by atoms with Gasteiger partial charge in [0.05, 0.1) is 0 Å². The van der Waals surface area contributed by atoms with Crippen molar-refractivity contribution >= 4 is 12.0 Å². The maximum atomic E-state index is 11.9. The summed E-state index contributed by atoms with van der Waals surface area (Å²) >= 11 is 0. The van der Waals surface area contributed by atoms with E-state index in [1.807, 2.05) is 0 Å². The number of hydrogen-bond acceptors (Lipinski definition) is 3. The van der Waals surface area contributed by atoms with E-state index in [-0.39, 0.29) is 6.03 Å². The van der Waals surface area contributed by atoms with Gasteiger partial charge in [0, 0.05) is 32.2 Å². The molecule has 2 N–H and O–H groups in total. The van der Waals surface area contributed by atoms with Crippen LogP contribution in [0.25, 0.3) is 0 Å². The van der Waals surface area contributed by atoms with E-state index in [1.54, 1.807) is 11.8 Å². The highest BCUT2D eigenvalue weighted by Gasteiger charge is 2.25. The van der Waals surface area contributed by atoms with Gasteiger partial charge in [-0.3, -0.25) is 4.90 Å². The first-order valence-electron chi connectivity index (χ1n) is 6.48. The van der Waals surface area contributed by atoms with Gasteiger partial charge < -0.3 is 15.3 Å². The van der Waals surface area contributed by atoms with E-state index in [1.165, 1.54) is 0 Å². The fraction of sp³-hybridized carbons (Fsp3) is 0.833. The molecule has 18 heavy (non-hydrogen) atoms. The van der Waals surface area contributed by atoms with Gasteiger partial charge in [0.1, 0.15) is 6.04 Å². The van der Waals surface area contributed by atoms with Crippen molar-refractivity contribution in [3.05, 3.63) is 0 Å². The normalized spacial score (nSPS) is 18.8. The standard InChI is InChI=1S/C12H23N3O3/c1-4-10(11(16)17)13-12(18)15-7-5-14(6-8-15)9(2)3/h9-10H,4-8H2,1-3H3,(H,13,18)(H,16,17)/t10-/m0/s1. The van der Waals surface area contributed by atoms with Gasteiger partial charge in [-0.1, -0.05) is 6.92 Å². The SMILES string of the molecule is CC[C@H](NC(=O)N1CCN(C(C)C)CC1)C(=O)O. The minimum absolute atomic E-state index is 0.271. The van der Waals surface area contributed by atoms with Crippen LogP contribution in [0.3, 0.4) is 0 Å². The third-order valence-corrected chi connectivity index (χ3v) is 3.34. The van der Waals surface area contributed by atoms with Crippen molar-refractivity contribution in [3.63, 3.8) is 0 Å². The molecule has 0 spiro atoms. The molecule has 0 aromatic heterocycles. The molecule has 1 fully saturated rings. The molecule has 0 aromatic carbocycles. The molecular formula is C12H23N3O3. The number of piperazine rings is 1. The minimum Gasteiger partial charge on any atom is -0.480 e. The first kappa shape index (κ1) is 14.8. The Kier molecular flexibility index (Phi) is 5.40. The number of nitrogens with one attached hydrogen (secondary N) is 1. The number of carbonyl (C=O) groups is 2.